The summed E-state index contributed by atoms with van der Waals surface area (Å²) in [6, 6.07) is 1.47. The van der Waals surface area contributed by atoms with E-state index in [2.05, 4.69) is 24.5 Å². The SMILES string of the molecule is C[C@@H]1[C@H](C)CCC[C@@H]1N[C@@H](C)C(=O)Nc1ccc(F)c(F)c1F. The Morgan fingerprint density at radius 3 is 2.57 bits per heavy atom. The van der Waals surface area contributed by atoms with E-state index in [1.54, 1.807) is 6.92 Å². The molecular formula is C17H23F3N2O. The van der Waals surface area contributed by atoms with Crippen LogP contribution in [-0.4, -0.2) is 18.0 Å². The normalized spacial score (nSPS) is 25.9. The predicted octanol–water partition coefficient (Wildman–Crippen LogP) is 3.85. The van der Waals surface area contributed by atoms with Crippen molar-refractivity contribution >= 4 is 11.6 Å². The molecule has 0 aromatic heterocycles. The van der Waals surface area contributed by atoms with Crippen molar-refractivity contribution in [3.05, 3.63) is 29.6 Å². The minimum atomic E-state index is -1.59. The zero-order chi connectivity index (χ0) is 17.1. The zero-order valence-electron chi connectivity index (χ0n) is 13.6. The number of hydrogen-bond acceptors (Lipinski definition) is 2. The van der Waals surface area contributed by atoms with Gasteiger partial charge in [-0.3, -0.25) is 4.79 Å². The summed E-state index contributed by atoms with van der Waals surface area (Å²) in [5.41, 5.74) is -0.354. The maximum absolute atomic E-state index is 13.6. The van der Waals surface area contributed by atoms with Crippen LogP contribution in [0.3, 0.4) is 0 Å². The maximum Gasteiger partial charge on any atom is 0.241 e. The van der Waals surface area contributed by atoms with E-state index in [9.17, 15) is 18.0 Å². The van der Waals surface area contributed by atoms with E-state index in [-0.39, 0.29) is 11.7 Å². The number of carbonyl (C=O) groups is 1. The van der Waals surface area contributed by atoms with Crippen LogP contribution in [0.1, 0.15) is 40.0 Å². The van der Waals surface area contributed by atoms with Crippen molar-refractivity contribution in [2.24, 2.45) is 11.8 Å². The number of nitrogens with one attached hydrogen (secondary N) is 2. The van der Waals surface area contributed by atoms with Gasteiger partial charge in [-0.25, -0.2) is 13.2 Å². The summed E-state index contributed by atoms with van der Waals surface area (Å²) in [6.07, 6.45) is 3.28. The van der Waals surface area contributed by atoms with E-state index >= 15 is 0 Å². The molecule has 0 saturated heterocycles. The third-order valence-electron chi connectivity index (χ3n) is 4.86. The molecule has 3 nitrogen and oxygen atoms in total. The molecule has 0 heterocycles. The summed E-state index contributed by atoms with van der Waals surface area (Å²) in [7, 11) is 0. The Morgan fingerprint density at radius 2 is 1.87 bits per heavy atom. The molecule has 2 N–H and O–H groups in total. The van der Waals surface area contributed by atoms with E-state index in [4.69, 9.17) is 0 Å². The molecule has 23 heavy (non-hydrogen) atoms. The molecule has 1 amide bonds. The molecule has 6 heteroatoms. The average molecular weight is 328 g/mol. The number of rotatable bonds is 4. The van der Waals surface area contributed by atoms with Crippen molar-refractivity contribution in [2.75, 3.05) is 5.32 Å². The van der Waals surface area contributed by atoms with E-state index in [1.807, 2.05) is 0 Å². The monoisotopic (exact) mass is 328 g/mol. The molecule has 1 aliphatic carbocycles. The van der Waals surface area contributed by atoms with Gasteiger partial charge in [0.25, 0.3) is 0 Å². The van der Waals surface area contributed by atoms with Crippen LogP contribution in [0.4, 0.5) is 18.9 Å². The summed E-state index contributed by atoms with van der Waals surface area (Å²) >= 11 is 0. The molecule has 1 aromatic carbocycles. The summed E-state index contributed by atoms with van der Waals surface area (Å²) < 4.78 is 39.7. The lowest BCUT2D eigenvalue weighted by molar-refractivity contribution is -0.118. The second-order valence-electron chi connectivity index (χ2n) is 6.47. The van der Waals surface area contributed by atoms with Crippen molar-refractivity contribution in [3.63, 3.8) is 0 Å². The second-order valence-corrected chi connectivity index (χ2v) is 6.47. The van der Waals surface area contributed by atoms with Crippen molar-refractivity contribution in [2.45, 2.75) is 52.1 Å². The van der Waals surface area contributed by atoms with Crippen LogP contribution in [0, 0.1) is 29.3 Å². The fourth-order valence-corrected chi connectivity index (χ4v) is 3.08. The lowest BCUT2D eigenvalue weighted by Crippen LogP contribution is -2.49. The summed E-state index contributed by atoms with van der Waals surface area (Å²) in [5.74, 6) is -3.69. The zero-order valence-corrected chi connectivity index (χ0v) is 13.6. The quantitative estimate of drug-likeness (QED) is 0.825. The van der Waals surface area contributed by atoms with Gasteiger partial charge in [0.1, 0.15) is 0 Å². The average Bonchev–Trinajstić information content (AvgIpc) is 2.52. The number of amides is 1. The van der Waals surface area contributed by atoms with Crippen LogP contribution in [0.15, 0.2) is 12.1 Å². The highest BCUT2D eigenvalue weighted by atomic mass is 19.2. The molecule has 2 rings (SSSR count). The third-order valence-corrected chi connectivity index (χ3v) is 4.86. The molecule has 0 aliphatic heterocycles. The molecule has 1 aromatic rings. The first kappa shape index (κ1) is 17.8. The van der Waals surface area contributed by atoms with Gasteiger partial charge in [0.05, 0.1) is 11.7 Å². The highest BCUT2D eigenvalue weighted by Gasteiger charge is 2.29. The van der Waals surface area contributed by atoms with Gasteiger partial charge in [0, 0.05) is 6.04 Å². The van der Waals surface area contributed by atoms with Crippen LogP contribution >= 0.6 is 0 Å². The van der Waals surface area contributed by atoms with E-state index in [1.165, 1.54) is 6.42 Å². The van der Waals surface area contributed by atoms with Crippen LogP contribution < -0.4 is 10.6 Å². The summed E-state index contributed by atoms with van der Waals surface area (Å²) in [6.45, 7) is 6.03. The van der Waals surface area contributed by atoms with Gasteiger partial charge in [-0.05, 0) is 37.3 Å². The first-order valence-electron chi connectivity index (χ1n) is 8.01. The Bertz CT molecular complexity index is 579. The number of carbonyl (C=O) groups excluding carboxylic acids is 1. The number of benzene rings is 1. The standard InChI is InChI=1S/C17H23F3N2O/c1-9-5-4-6-13(10(9)2)21-11(3)17(23)22-14-8-7-12(18)15(19)16(14)20/h7-11,13,21H,4-6H2,1-3H3,(H,22,23)/t9-,10-,11+,13+/m1/s1. The lowest BCUT2D eigenvalue weighted by Gasteiger charge is -2.36. The topological polar surface area (TPSA) is 41.1 Å². The van der Waals surface area contributed by atoms with Crippen LogP contribution in [0.5, 0.6) is 0 Å². The molecule has 0 unspecified atom stereocenters. The highest BCUT2D eigenvalue weighted by Crippen LogP contribution is 2.29. The van der Waals surface area contributed by atoms with Gasteiger partial charge in [-0.1, -0.05) is 26.7 Å². The third kappa shape index (κ3) is 4.05. The second kappa shape index (κ2) is 7.34. The predicted molar refractivity (Wildman–Crippen MR) is 83.5 cm³/mol. The number of hydrogen-bond donors (Lipinski definition) is 2. The highest BCUT2D eigenvalue weighted by molar-refractivity contribution is 5.94. The summed E-state index contributed by atoms with van der Waals surface area (Å²) in [4.78, 5) is 12.2. The smallest absolute Gasteiger partial charge is 0.241 e. The summed E-state index contributed by atoms with van der Waals surface area (Å²) in [5, 5.41) is 5.57. The van der Waals surface area contributed by atoms with Crippen molar-refractivity contribution in [3.8, 4) is 0 Å². The molecule has 1 fully saturated rings. The van der Waals surface area contributed by atoms with Crippen LogP contribution in [0.25, 0.3) is 0 Å². The molecule has 1 aliphatic rings. The molecule has 0 bridgehead atoms. The molecular weight excluding hydrogens is 305 g/mol. The van der Waals surface area contributed by atoms with Crippen LogP contribution in [0.2, 0.25) is 0 Å². The van der Waals surface area contributed by atoms with Crippen LogP contribution in [-0.2, 0) is 4.79 Å². The minimum absolute atomic E-state index is 0.217. The number of halogens is 3. The fraction of sp³-hybridized carbons (Fsp3) is 0.588. The Hall–Kier alpha value is -1.56. The van der Waals surface area contributed by atoms with Gasteiger partial charge in [0.2, 0.25) is 5.91 Å². The Labute approximate surface area is 134 Å². The van der Waals surface area contributed by atoms with Gasteiger partial charge in [-0.2, -0.15) is 0 Å². The lowest BCUT2D eigenvalue weighted by atomic mass is 9.78. The molecule has 0 spiro atoms. The molecule has 128 valence electrons. The van der Waals surface area contributed by atoms with E-state index < -0.39 is 29.4 Å². The van der Waals surface area contributed by atoms with E-state index in [0.29, 0.717) is 11.8 Å². The van der Waals surface area contributed by atoms with Gasteiger partial charge >= 0.3 is 0 Å². The Balaban J connectivity index is 1.99. The van der Waals surface area contributed by atoms with Gasteiger partial charge < -0.3 is 10.6 Å². The Morgan fingerprint density at radius 1 is 1.17 bits per heavy atom. The van der Waals surface area contributed by atoms with Crippen molar-refractivity contribution < 1.29 is 18.0 Å². The number of anilines is 1. The minimum Gasteiger partial charge on any atom is -0.322 e. The van der Waals surface area contributed by atoms with Crippen molar-refractivity contribution in [1.29, 1.82) is 0 Å². The van der Waals surface area contributed by atoms with Gasteiger partial charge in [-0.15, -0.1) is 0 Å². The largest absolute Gasteiger partial charge is 0.322 e. The first-order chi connectivity index (χ1) is 10.8. The maximum atomic E-state index is 13.6. The molecule has 0 radical (unpaired) electrons. The molecule has 4 atom stereocenters. The first-order valence-corrected chi connectivity index (χ1v) is 8.01. The van der Waals surface area contributed by atoms with Gasteiger partial charge in [0.15, 0.2) is 17.5 Å². The van der Waals surface area contributed by atoms with Crippen molar-refractivity contribution in [1.82, 2.24) is 5.32 Å². The Kier molecular flexibility index (Phi) is 5.68. The molecule has 1 saturated carbocycles. The van der Waals surface area contributed by atoms with E-state index in [0.717, 1.165) is 25.0 Å². The fourth-order valence-electron chi connectivity index (χ4n) is 3.08.